The quantitative estimate of drug-likeness (QED) is 0.331. The van der Waals surface area contributed by atoms with E-state index < -0.39 is 17.7 Å². The lowest BCUT2D eigenvalue weighted by Crippen LogP contribution is -2.44. The van der Waals surface area contributed by atoms with Crippen LogP contribution in [0.5, 0.6) is 0 Å². The average Bonchev–Trinajstić information content (AvgIpc) is 2.67. The maximum absolute atomic E-state index is 11.8. The predicted molar refractivity (Wildman–Crippen MR) is 93.0 cm³/mol. The van der Waals surface area contributed by atoms with Crippen molar-refractivity contribution in [3.63, 3.8) is 0 Å². The highest BCUT2D eigenvalue weighted by Gasteiger charge is 2.22. The number of hydrogen-bond acceptors (Lipinski definition) is 9. The molecule has 0 saturated carbocycles. The van der Waals surface area contributed by atoms with Crippen molar-refractivity contribution in [2.45, 2.75) is 0 Å². The molecule has 0 aliphatic carbocycles. The zero-order chi connectivity index (χ0) is 20.6. The van der Waals surface area contributed by atoms with E-state index in [4.69, 9.17) is 0 Å². The van der Waals surface area contributed by atoms with Crippen LogP contribution in [0.4, 0.5) is 0 Å². The number of nitrogens with zero attached hydrogens (tertiary/aromatic N) is 6. The molecule has 0 bridgehead atoms. The Morgan fingerprint density at radius 2 is 0.778 bits per heavy atom. The Bertz CT molecular complexity index is 432. The number of amides is 3. The molecule has 1 aliphatic rings. The van der Waals surface area contributed by atoms with Crippen molar-refractivity contribution >= 4 is 17.7 Å². The van der Waals surface area contributed by atoms with Gasteiger partial charge in [-0.25, -0.2) is 15.2 Å². The fraction of sp³-hybridized carbons (Fsp3) is 0.800. The highest BCUT2D eigenvalue weighted by atomic mass is 16.5. The van der Waals surface area contributed by atoms with Crippen LogP contribution in [0.2, 0.25) is 0 Å². The lowest BCUT2D eigenvalue weighted by molar-refractivity contribution is -0.161. The molecule has 0 unspecified atom stereocenters. The summed E-state index contributed by atoms with van der Waals surface area (Å²) in [6, 6.07) is 0. The minimum Gasteiger partial charge on any atom is -0.292 e. The van der Waals surface area contributed by atoms with Crippen LogP contribution in [-0.4, -0.2) is 143 Å². The monoisotopic (exact) mass is 390 g/mol. The minimum absolute atomic E-state index is 0.00359. The third-order valence-electron chi connectivity index (χ3n) is 4.36. The molecule has 0 aromatic heterocycles. The Kier molecular flexibility index (Phi) is 9.55. The molecule has 12 heteroatoms. The summed E-state index contributed by atoms with van der Waals surface area (Å²) in [4.78, 5) is 40.9. The third-order valence-corrected chi connectivity index (χ3v) is 4.36. The molecule has 0 spiro atoms. The molecule has 0 aromatic carbocycles. The van der Waals surface area contributed by atoms with E-state index in [2.05, 4.69) is 0 Å². The maximum atomic E-state index is 11.8. The molecule has 1 aliphatic heterocycles. The molecule has 0 aromatic rings. The van der Waals surface area contributed by atoms with Crippen molar-refractivity contribution in [2.24, 2.45) is 0 Å². The molecular weight excluding hydrogens is 360 g/mol. The number of rotatable bonds is 6. The zero-order valence-electron chi connectivity index (χ0n) is 16.1. The van der Waals surface area contributed by atoms with Crippen LogP contribution < -0.4 is 0 Å². The van der Waals surface area contributed by atoms with E-state index >= 15 is 0 Å². The summed E-state index contributed by atoms with van der Waals surface area (Å²) in [6.07, 6.45) is 0. The summed E-state index contributed by atoms with van der Waals surface area (Å²) in [6.45, 7) is 2.84. The van der Waals surface area contributed by atoms with Crippen molar-refractivity contribution in [3.8, 4) is 0 Å². The van der Waals surface area contributed by atoms with Gasteiger partial charge in [0.05, 0.1) is 19.6 Å². The first kappa shape index (κ1) is 23.2. The van der Waals surface area contributed by atoms with Crippen LogP contribution in [0.3, 0.4) is 0 Å². The van der Waals surface area contributed by atoms with Gasteiger partial charge in [-0.1, -0.05) is 0 Å². The largest absolute Gasteiger partial charge is 0.292 e. The standard InChI is InChI=1S/C15H30N6O6/c1-16(25)13(22)10-19-4-6-20(11-14(23)17(2)26)8-9-21(7-5-19)12-15(24)18(3)27/h25-27H,4-12H2,1-3H3. The van der Waals surface area contributed by atoms with Gasteiger partial charge in [-0.15, -0.1) is 0 Å². The van der Waals surface area contributed by atoms with Crippen molar-refractivity contribution in [3.05, 3.63) is 0 Å². The van der Waals surface area contributed by atoms with Gasteiger partial charge in [0, 0.05) is 60.4 Å². The molecule has 0 radical (unpaired) electrons. The lowest BCUT2D eigenvalue weighted by Gasteiger charge is -2.26. The number of carbonyl (C=O) groups excluding carboxylic acids is 3. The van der Waals surface area contributed by atoms with Crippen LogP contribution in [-0.2, 0) is 14.4 Å². The summed E-state index contributed by atoms with van der Waals surface area (Å²) < 4.78 is 0. The van der Waals surface area contributed by atoms with Gasteiger partial charge in [0.25, 0.3) is 17.7 Å². The van der Waals surface area contributed by atoms with E-state index in [0.717, 1.165) is 0 Å². The second-order valence-electron chi connectivity index (χ2n) is 6.58. The van der Waals surface area contributed by atoms with E-state index in [1.54, 1.807) is 0 Å². The first-order chi connectivity index (χ1) is 12.6. The van der Waals surface area contributed by atoms with Crippen LogP contribution in [0.25, 0.3) is 0 Å². The van der Waals surface area contributed by atoms with Crippen molar-refractivity contribution < 1.29 is 30.0 Å². The fourth-order valence-corrected chi connectivity index (χ4v) is 2.54. The Morgan fingerprint density at radius 1 is 0.593 bits per heavy atom. The molecule has 3 N–H and O–H groups in total. The van der Waals surface area contributed by atoms with Crippen molar-refractivity contribution in [1.29, 1.82) is 0 Å². The van der Waals surface area contributed by atoms with E-state index in [1.807, 2.05) is 14.7 Å². The summed E-state index contributed by atoms with van der Waals surface area (Å²) >= 11 is 0. The number of hydroxylamine groups is 6. The van der Waals surface area contributed by atoms with E-state index in [9.17, 15) is 30.0 Å². The summed E-state index contributed by atoms with van der Waals surface area (Å²) in [7, 11) is 3.76. The Balaban J connectivity index is 2.82. The molecule has 12 nitrogen and oxygen atoms in total. The van der Waals surface area contributed by atoms with Gasteiger partial charge < -0.3 is 0 Å². The average molecular weight is 390 g/mol. The van der Waals surface area contributed by atoms with Gasteiger partial charge in [0.2, 0.25) is 0 Å². The highest BCUT2D eigenvalue weighted by Crippen LogP contribution is 2.03. The van der Waals surface area contributed by atoms with Crippen molar-refractivity contribution in [1.82, 2.24) is 29.9 Å². The molecule has 1 heterocycles. The predicted octanol–water partition coefficient (Wildman–Crippen LogP) is -2.55. The van der Waals surface area contributed by atoms with Crippen LogP contribution in [0.15, 0.2) is 0 Å². The van der Waals surface area contributed by atoms with Crippen molar-refractivity contribution in [2.75, 3.05) is 80.0 Å². The van der Waals surface area contributed by atoms with E-state index in [-0.39, 0.29) is 19.6 Å². The van der Waals surface area contributed by atoms with E-state index in [0.29, 0.717) is 54.5 Å². The molecule has 1 saturated heterocycles. The highest BCUT2D eigenvalue weighted by molar-refractivity contribution is 5.77. The van der Waals surface area contributed by atoms with Gasteiger partial charge in [0.15, 0.2) is 0 Å². The summed E-state index contributed by atoms with van der Waals surface area (Å²) in [5.41, 5.74) is 0. The number of likely N-dealkylation sites (N-methyl/N-ethyl adjacent to an activating group) is 3. The molecule has 0 atom stereocenters. The van der Waals surface area contributed by atoms with E-state index in [1.165, 1.54) is 21.1 Å². The molecule has 27 heavy (non-hydrogen) atoms. The SMILES string of the molecule is CN(O)C(=O)CN1CCN(CC(=O)N(C)O)CCN(CC(=O)N(C)O)CC1. The summed E-state index contributed by atoms with van der Waals surface area (Å²) in [5.74, 6) is -1.40. The second-order valence-corrected chi connectivity index (χ2v) is 6.58. The Hall–Kier alpha value is -1.83. The normalized spacial score (nSPS) is 17.6. The molecule has 1 fully saturated rings. The Labute approximate surface area is 158 Å². The summed E-state index contributed by atoms with van der Waals surface area (Å²) in [5, 5.41) is 29.4. The first-order valence-corrected chi connectivity index (χ1v) is 8.63. The molecule has 156 valence electrons. The maximum Gasteiger partial charge on any atom is 0.259 e. The lowest BCUT2D eigenvalue weighted by atomic mass is 10.4. The smallest absolute Gasteiger partial charge is 0.259 e. The third kappa shape index (κ3) is 8.60. The van der Waals surface area contributed by atoms with Gasteiger partial charge in [-0.2, -0.15) is 0 Å². The van der Waals surface area contributed by atoms with Crippen LogP contribution in [0.1, 0.15) is 0 Å². The van der Waals surface area contributed by atoms with Crippen LogP contribution in [0, 0.1) is 0 Å². The molecular formula is C15H30N6O6. The van der Waals surface area contributed by atoms with Gasteiger partial charge in [-0.3, -0.25) is 44.7 Å². The zero-order valence-corrected chi connectivity index (χ0v) is 16.1. The number of hydrogen-bond donors (Lipinski definition) is 3. The second kappa shape index (κ2) is 11.1. The van der Waals surface area contributed by atoms with Gasteiger partial charge in [-0.05, 0) is 0 Å². The Morgan fingerprint density at radius 3 is 0.926 bits per heavy atom. The molecule has 3 amide bonds. The topological polar surface area (TPSA) is 131 Å². The fourth-order valence-electron chi connectivity index (χ4n) is 2.54. The number of carbonyl (C=O) groups is 3. The van der Waals surface area contributed by atoms with Gasteiger partial charge >= 0.3 is 0 Å². The van der Waals surface area contributed by atoms with Crippen LogP contribution >= 0.6 is 0 Å². The first-order valence-electron chi connectivity index (χ1n) is 8.63. The van der Waals surface area contributed by atoms with Gasteiger partial charge in [0.1, 0.15) is 0 Å². The molecule has 1 rings (SSSR count). The minimum atomic E-state index is -0.468.